The van der Waals surface area contributed by atoms with E-state index in [1.54, 1.807) is 18.5 Å². The van der Waals surface area contributed by atoms with Crippen molar-refractivity contribution in [3.63, 3.8) is 0 Å². The quantitative estimate of drug-likeness (QED) is 0.525. The van der Waals surface area contributed by atoms with E-state index in [0.717, 1.165) is 17.5 Å². The van der Waals surface area contributed by atoms with Crippen molar-refractivity contribution in [2.75, 3.05) is 6.54 Å². The Hall–Kier alpha value is -3.41. The van der Waals surface area contributed by atoms with Crippen LogP contribution < -0.4 is 5.32 Å². The molecule has 25 heavy (non-hydrogen) atoms. The van der Waals surface area contributed by atoms with Crippen LogP contribution >= 0.6 is 0 Å². The van der Waals surface area contributed by atoms with E-state index in [0.29, 0.717) is 17.9 Å². The third-order valence-electron chi connectivity index (χ3n) is 4.13. The van der Waals surface area contributed by atoms with E-state index in [1.165, 1.54) is 10.9 Å². The lowest BCUT2D eigenvalue weighted by Crippen LogP contribution is -2.25. The fourth-order valence-electron chi connectivity index (χ4n) is 2.84. The number of amides is 1. The molecule has 1 amide bonds. The molecule has 4 aromatic rings. The fraction of sp³-hybridized carbons (Fsp3) is 0.105. The number of aromatic amines is 2. The van der Waals surface area contributed by atoms with Crippen LogP contribution in [-0.4, -0.2) is 32.6 Å². The number of H-pyrrole nitrogens is 2. The van der Waals surface area contributed by atoms with Crippen LogP contribution in [0.4, 0.5) is 0 Å². The van der Waals surface area contributed by atoms with E-state index >= 15 is 0 Å². The molecule has 1 aromatic carbocycles. The summed E-state index contributed by atoms with van der Waals surface area (Å²) in [4.78, 5) is 19.6. The van der Waals surface area contributed by atoms with Crippen LogP contribution in [0.2, 0.25) is 0 Å². The summed E-state index contributed by atoms with van der Waals surface area (Å²) in [5, 5.41) is 11.1. The molecule has 4 rings (SSSR count). The number of aromatic nitrogens is 4. The van der Waals surface area contributed by atoms with Crippen LogP contribution in [-0.2, 0) is 6.42 Å². The predicted octanol–water partition coefficient (Wildman–Crippen LogP) is 2.93. The van der Waals surface area contributed by atoms with E-state index in [-0.39, 0.29) is 5.91 Å². The zero-order chi connectivity index (χ0) is 17.1. The second-order valence-electron chi connectivity index (χ2n) is 5.77. The van der Waals surface area contributed by atoms with Gasteiger partial charge in [0.05, 0.1) is 5.69 Å². The Labute approximate surface area is 144 Å². The molecule has 0 unspecified atom stereocenters. The van der Waals surface area contributed by atoms with Crippen molar-refractivity contribution in [3.8, 4) is 11.3 Å². The number of pyridine rings is 1. The maximum absolute atomic E-state index is 12.3. The van der Waals surface area contributed by atoms with Crippen LogP contribution in [0, 0.1) is 0 Å². The number of benzene rings is 1. The van der Waals surface area contributed by atoms with Crippen LogP contribution in [0.3, 0.4) is 0 Å². The van der Waals surface area contributed by atoms with Gasteiger partial charge in [0.1, 0.15) is 5.69 Å². The Balaban J connectivity index is 1.39. The summed E-state index contributed by atoms with van der Waals surface area (Å²) in [6, 6.07) is 13.6. The third kappa shape index (κ3) is 3.14. The van der Waals surface area contributed by atoms with Gasteiger partial charge in [-0.1, -0.05) is 18.2 Å². The summed E-state index contributed by atoms with van der Waals surface area (Å²) in [6.07, 6.45) is 6.18. The smallest absolute Gasteiger partial charge is 0.269 e. The molecule has 3 heterocycles. The predicted molar refractivity (Wildman–Crippen MR) is 96.2 cm³/mol. The van der Waals surface area contributed by atoms with Crippen molar-refractivity contribution >= 4 is 16.8 Å². The van der Waals surface area contributed by atoms with Crippen LogP contribution in [0.5, 0.6) is 0 Å². The summed E-state index contributed by atoms with van der Waals surface area (Å²) in [5.74, 6) is -0.164. The zero-order valence-corrected chi connectivity index (χ0v) is 13.5. The van der Waals surface area contributed by atoms with Crippen molar-refractivity contribution in [3.05, 3.63) is 72.3 Å². The molecular formula is C19H17N5O. The molecular weight excluding hydrogens is 314 g/mol. The van der Waals surface area contributed by atoms with Crippen LogP contribution in [0.1, 0.15) is 16.1 Å². The van der Waals surface area contributed by atoms with Gasteiger partial charge in [-0.05, 0) is 36.2 Å². The van der Waals surface area contributed by atoms with Gasteiger partial charge in [0.25, 0.3) is 5.91 Å². The molecule has 0 saturated carbocycles. The standard InChI is InChI=1S/C19H17N5O/c25-19(18-10-17(23-24-18)14-4-3-8-20-11-14)21-9-7-13-12-22-16-6-2-1-5-15(13)16/h1-6,8,10-12,22H,7,9H2,(H,21,25)(H,23,24). The number of nitrogens with one attached hydrogen (secondary N) is 3. The van der Waals surface area contributed by atoms with Gasteiger partial charge < -0.3 is 10.3 Å². The van der Waals surface area contributed by atoms with E-state index in [9.17, 15) is 4.79 Å². The molecule has 0 atom stereocenters. The molecule has 3 N–H and O–H groups in total. The van der Waals surface area contributed by atoms with E-state index in [1.807, 2.05) is 36.5 Å². The minimum absolute atomic E-state index is 0.164. The number of carbonyl (C=O) groups excluding carboxylic acids is 1. The minimum atomic E-state index is -0.164. The second-order valence-corrected chi connectivity index (χ2v) is 5.77. The Morgan fingerprint density at radius 3 is 2.96 bits per heavy atom. The number of hydrogen-bond donors (Lipinski definition) is 3. The number of rotatable bonds is 5. The fourth-order valence-corrected chi connectivity index (χ4v) is 2.84. The van der Waals surface area contributed by atoms with Gasteiger partial charge in [-0.25, -0.2) is 0 Å². The molecule has 6 heteroatoms. The van der Waals surface area contributed by atoms with Crippen LogP contribution in [0.15, 0.2) is 61.1 Å². The van der Waals surface area contributed by atoms with E-state index < -0.39 is 0 Å². The number of hydrogen-bond acceptors (Lipinski definition) is 3. The van der Waals surface area contributed by atoms with Gasteiger partial charge in [-0.2, -0.15) is 5.10 Å². The van der Waals surface area contributed by atoms with Crippen molar-refractivity contribution in [2.24, 2.45) is 0 Å². The molecule has 6 nitrogen and oxygen atoms in total. The first kappa shape index (κ1) is 15.1. The normalized spacial score (nSPS) is 10.9. The minimum Gasteiger partial charge on any atom is -0.361 e. The van der Waals surface area contributed by atoms with Gasteiger partial charge in [0, 0.05) is 41.6 Å². The van der Waals surface area contributed by atoms with Crippen molar-refractivity contribution in [2.45, 2.75) is 6.42 Å². The molecule has 0 radical (unpaired) electrons. The summed E-state index contributed by atoms with van der Waals surface area (Å²) in [5.41, 5.74) is 4.32. The van der Waals surface area contributed by atoms with Gasteiger partial charge in [0.2, 0.25) is 0 Å². The molecule has 0 aliphatic heterocycles. The van der Waals surface area contributed by atoms with Gasteiger partial charge in [-0.3, -0.25) is 14.9 Å². The van der Waals surface area contributed by atoms with Crippen LogP contribution in [0.25, 0.3) is 22.2 Å². The molecule has 3 aromatic heterocycles. The summed E-state index contributed by atoms with van der Waals surface area (Å²) < 4.78 is 0. The molecule has 0 fully saturated rings. The number of carbonyl (C=O) groups is 1. The van der Waals surface area contributed by atoms with E-state index in [2.05, 4.69) is 31.5 Å². The molecule has 0 aliphatic rings. The Morgan fingerprint density at radius 2 is 2.08 bits per heavy atom. The monoisotopic (exact) mass is 331 g/mol. The maximum atomic E-state index is 12.3. The highest BCUT2D eigenvalue weighted by Crippen LogP contribution is 2.18. The molecule has 124 valence electrons. The highest BCUT2D eigenvalue weighted by molar-refractivity contribution is 5.93. The number of para-hydroxylation sites is 1. The second kappa shape index (κ2) is 6.60. The molecule has 0 saturated heterocycles. The topological polar surface area (TPSA) is 86.5 Å². The first-order chi connectivity index (χ1) is 12.3. The third-order valence-corrected chi connectivity index (χ3v) is 4.13. The summed E-state index contributed by atoms with van der Waals surface area (Å²) in [7, 11) is 0. The lowest BCUT2D eigenvalue weighted by molar-refractivity contribution is 0.0949. The number of fused-ring (bicyclic) bond motifs is 1. The zero-order valence-electron chi connectivity index (χ0n) is 13.5. The lowest BCUT2D eigenvalue weighted by Gasteiger charge is -2.03. The Bertz CT molecular complexity index is 1000. The molecule has 0 spiro atoms. The molecule has 0 aliphatic carbocycles. The summed E-state index contributed by atoms with van der Waals surface area (Å²) >= 11 is 0. The van der Waals surface area contributed by atoms with Crippen molar-refractivity contribution in [1.82, 2.24) is 25.5 Å². The SMILES string of the molecule is O=C(NCCc1c[nH]c2ccccc12)c1cc(-c2cccnc2)n[nH]1. The lowest BCUT2D eigenvalue weighted by atomic mass is 10.1. The Kier molecular flexibility index (Phi) is 4.00. The van der Waals surface area contributed by atoms with Gasteiger partial charge >= 0.3 is 0 Å². The summed E-state index contributed by atoms with van der Waals surface area (Å²) in [6.45, 7) is 0.557. The Morgan fingerprint density at radius 1 is 1.16 bits per heavy atom. The highest BCUT2D eigenvalue weighted by atomic mass is 16.1. The maximum Gasteiger partial charge on any atom is 0.269 e. The largest absolute Gasteiger partial charge is 0.361 e. The first-order valence-electron chi connectivity index (χ1n) is 8.10. The first-order valence-corrected chi connectivity index (χ1v) is 8.10. The van der Waals surface area contributed by atoms with Gasteiger partial charge in [0.15, 0.2) is 0 Å². The number of nitrogens with zero attached hydrogens (tertiary/aromatic N) is 2. The van der Waals surface area contributed by atoms with Crippen molar-refractivity contribution in [1.29, 1.82) is 0 Å². The molecule has 0 bridgehead atoms. The average Bonchev–Trinajstić information content (AvgIpc) is 3.30. The van der Waals surface area contributed by atoms with E-state index in [4.69, 9.17) is 0 Å². The average molecular weight is 331 g/mol. The van der Waals surface area contributed by atoms with Crippen molar-refractivity contribution < 1.29 is 4.79 Å². The van der Waals surface area contributed by atoms with Gasteiger partial charge in [-0.15, -0.1) is 0 Å². The highest BCUT2D eigenvalue weighted by Gasteiger charge is 2.11.